The Kier molecular flexibility index (Phi) is 5.24. The Bertz CT molecular complexity index is 468. The van der Waals surface area contributed by atoms with Gasteiger partial charge < -0.3 is 20.3 Å². The van der Waals surface area contributed by atoms with Gasteiger partial charge in [-0.05, 0) is 25.0 Å². The molecule has 2 N–H and O–H groups in total. The van der Waals surface area contributed by atoms with Crippen molar-refractivity contribution in [3.63, 3.8) is 0 Å². The molecule has 0 aromatic carbocycles. The largest absolute Gasteiger partial charge is 0.378 e. The molecule has 1 unspecified atom stereocenters. The molecule has 1 amide bonds. The van der Waals surface area contributed by atoms with E-state index in [0.29, 0.717) is 19.1 Å². The second-order valence-electron chi connectivity index (χ2n) is 5.94. The summed E-state index contributed by atoms with van der Waals surface area (Å²) in [7, 11) is 0. The maximum atomic E-state index is 12.3. The van der Waals surface area contributed by atoms with Gasteiger partial charge >= 0.3 is 0 Å². The number of carbonyl (C=O) groups excluding carboxylic acids is 1. The number of ether oxygens (including phenoxy) is 1. The number of nitrogens with one attached hydrogen (secondary N) is 2. The van der Waals surface area contributed by atoms with Crippen LogP contribution in [0.1, 0.15) is 19.3 Å². The molecule has 0 aliphatic carbocycles. The fraction of sp³-hybridized carbons (Fsp3) is 0.625. The zero-order chi connectivity index (χ0) is 15.2. The molecule has 1 atom stereocenters. The molecule has 2 aliphatic heterocycles. The molecule has 0 radical (unpaired) electrons. The van der Waals surface area contributed by atoms with Crippen LogP contribution in [-0.4, -0.2) is 60.7 Å². The van der Waals surface area contributed by atoms with Gasteiger partial charge in [0.25, 0.3) is 0 Å². The highest BCUT2D eigenvalue weighted by Crippen LogP contribution is 2.16. The highest BCUT2D eigenvalue weighted by molar-refractivity contribution is 5.77. The Hall–Kier alpha value is -1.66. The normalized spacial score (nSPS) is 23.3. The molecule has 3 heterocycles. The van der Waals surface area contributed by atoms with Gasteiger partial charge in [-0.25, -0.2) is 4.98 Å². The number of rotatable bonds is 4. The van der Waals surface area contributed by atoms with E-state index in [1.807, 2.05) is 23.1 Å². The zero-order valence-electron chi connectivity index (χ0n) is 12.8. The van der Waals surface area contributed by atoms with Crippen LogP contribution in [0.5, 0.6) is 0 Å². The van der Waals surface area contributed by atoms with Crippen LogP contribution in [0.4, 0.5) is 5.82 Å². The smallest absolute Gasteiger partial charge is 0.224 e. The lowest BCUT2D eigenvalue weighted by Gasteiger charge is -2.34. The quantitative estimate of drug-likeness (QED) is 0.864. The first kappa shape index (κ1) is 15.2. The van der Waals surface area contributed by atoms with E-state index in [1.165, 1.54) is 0 Å². The zero-order valence-corrected chi connectivity index (χ0v) is 12.8. The molecule has 3 rings (SSSR count). The van der Waals surface area contributed by atoms with Crippen molar-refractivity contribution in [2.24, 2.45) is 0 Å². The van der Waals surface area contributed by atoms with E-state index in [1.54, 1.807) is 6.20 Å². The summed E-state index contributed by atoms with van der Waals surface area (Å²) >= 11 is 0. The minimum atomic E-state index is 0.172. The van der Waals surface area contributed by atoms with Crippen LogP contribution < -0.4 is 10.6 Å². The van der Waals surface area contributed by atoms with E-state index in [4.69, 9.17) is 4.74 Å². The Morgan fingerprint density at radius 2 is 2.27 bits per heavy atom. The summed E-state index contributed by atoms with van der Waals surface area (Å²) in [4.78, 5) is 18.6. The Morgan fingerprint density at radius 1 is 1.41 bits per heavy atom. The first-order valence-corrected chi connectivity index (χ1v) is 8.08. The summed E-state index contributed by atoms with van der Waals surface area (Å²) in [6.07, 6.45) is 4.27. The van der Waals surface area contributed by atoms with E-state index >= 15 is 0 Å². The lowest BCUT2D eigenvalue weighted by atomic mass is 10.0. The average Bonchev–Trinajstić information content (AvgIpc) is 2.57. The maximum absolute atomic E-state index is 12.3. The molecular weight excluding hydrogens is 280 g/mol. The molecular formula is C16H24N4O2. The van der Waals surface area contributed by atoms with Gasteiger partial charge in [-0.1, -0.05) is 6.07 Å². The second-order valence-corrected chi connectivity index (χ2v) is 5.94. The fourth-order valence-corrected chi connectivity index (χ4v) is 3.02. The van der Waals surface area contributed by atoms with E-state index in [2.05, 4.69) is 15.6 Å². The summed E-state index contributed by atoms with van der Waals surface area (Å²) in [5.74, 6) is 1.15. The second kappa shape index (κ2) is 7.56. The van der Waals surface area contributed by atoms with Crippen molar-refractivity contribution in [1.82, 2.24) is 15.2 Å². The molecule has 0 spiro atoms. The van der Waals surface area contributed by atoms with Gasteiger partial charge in [0, 0.05) is 44.3 Å². The highest BCUT2D eigenvalue weighted by atomic mass is 16.5. The molecule has 22 heavy (non-hydrogen) atoms. The van der Waals surface area contributed by atoms with Gasteiger partial charge in [0.2, 0.25) is 5.91 Å². The Labute approximate surface area is 131 Å². The van der Waals surface area contributed by atoms with E-state index in [9.17, 15) is 4.79 Å². The van der Waals surface area contributed by atoms with Crippen LogP contribution in [0.15, 0.2) is 24.4 Å². The summed E-state index contributed by atoms with van der Waals surface area (Å²) < 4.78 is 5.40. The number of aromatic nitrogens is 1. The average molecular weight is 304 g/mol. The molecule has 1 aromatic rings. The van der Waals surface area contributed by atoms with Crippen molar-refractivity contribution in [2.45, 2.75) is 31.3 Å². The van der Waals surface area contributed by atoms with Crippen LogP contribution >= 0.6 is 0 Å². The third-order valence-corrected chi connectivity index (χ3v) is 4.28. The van der Waals surface area contributed by atoms with Crippen LogP contribution in [0.2, 0.25) is 0 Å². The fourth-order valence-electron chi connectivity index (χ4n) is 3.02. The molecule has 6 heteroatoms. The predicted molar refractivity (Wildman–Crippen MR) is 84.7 cm³/mol. The number of nitrogens with zero attached hydrogens (tertiary/aromatic N) is 2. The van der Waals surface area contributed by atoms with Gasteiger partial charge in [0.05, 0.1) is 13.2 Å². The Balaban J connectivity index is 1.42. The lowest BCUT2D eigenvalue weighted by molar-refractivity contribution is -0.133. The summed E-state index contributed by atoms with van der Waals surface area (Å²) in [5.41, 5.74) is 0. The first-order valence-electron chi connectivity index (χ1n) is 8.08. The molecule has 2 aliphatic rings. The first-order chi connectivity index (χ1) is 10.8. The number of amides is 1. The molecule has 0 bridgehead atoms. The van der Waals surface area contributed by atoms with Crippen LogP contribution in [0.3, 0.4) is 0 Å². The number of hydrogen-bond donors (Lipinski definition) is 2. The summed E-state index contributed by atoms with van der Waals surface area (Å²) in [5, 5.41) is 6.78. The minimum absolute atomic E-state index is 0.172. The maximum Gasteiger partial charge on any atom is 0.224 e. The van der Waals surface area contributed by atoms with Crippen LogP contribution in [0, 0.1) is 0 Å². The van der Waals surface area contributed by atoms with Gasteiger partial charge in [0.1, 0.15) is 5.82 Å². The van der Waals surface area contributed by atoms with Crippen molar-refractivity contribution in [3.05, 3.63) is 24.4 Å². The van der Waals surface area contributed by atoms with Crippen LogP contribution in [-0.2, 0) is 9.53 Å². The van der Waals surface area contributed by atoms with Crippen molar-refractivity contribution in [2.75, 3.05) is 38.2 Å². The van der Waals surface area contributed by atoms with Gasteiger partial charge in [-0.3, -0.25) is 4.79 Å². The number of anilines is 1. The number of piperidine rings is 1. The minimum Gasteiger partial charge on any atom is -0.378 e. The predicted octanol–water partition coefficient (Wildman–Crippen LogP) is 0.863. The molecule has 6 nitrogen and oxygen atoms in total. The topological polar surface area (TPSA) is 66.5 Å². The number of hydrogen-bond acceptors (Lipinski definition) is 5. The molecule has 2 saturated heterocycles. The molecule has 0 saturated carbocycles. The van der Waals surface area contributed by atoms with E-state index < -0.39 is 0 Å². The third-order valence-electron chi connectivity index (χ3n) is 4.28. The lowest BCUT2D eigenvalue weighted by Crippen LogP contribution is -2.47. The highest BCUT2D eigenvalue weighted by Gasteiger charge is 2.25. The number of carbonyl (C=O) groups is 1. The monoisotopic (exact) mass is 304 g/mol. The molecule has 1 aromatic heterocycles. The van der Waals surface area contributed by atoms with Crippen molar-refractivity contribution in [1.29, 1.82) is 0 Å². The standard InChI is InChI=1S/C16H24N4O2/c21-16(11-14-12-22-10-7-17-14)20-8-4-13(5-9-20)19-15-3-1-2-6-18-15/h1-3,6,13-14,17H,4-5,7-12H2,(H,18,19). The van der Waals surface area contributed by atoms with Crippen molar-refractivity contribution < 1.29 is 9.53 Å². The number of morpholine rings is 1. The molecule has 2 fully saturated rings. The third kappa shape index (κ3) is 4.18. The van der Waals surface area contributed by atoms with Gasteiger partial charge in [0.15, 0.2) is 0 Å². The SMILES string of the molecule is O=C(CC1COCCN1)N1CCC(Nc2ccccn2)CC1. The number of likely N-dealkylation sites (tertiary alicyclic amines) is 1. The van der Waals surface area contributed by atoms with Crippen LogP contribution in [0.25, 0.3) is 0 Å². The summed E-state index contributed by atoms with van der Waals surface area (Å²) in [6.45, 7) is 3.86. The molecule has 120 valence electrons. The number of pyridine rings is 1. The van der Waals surface area contributed by atoms with Crippen molar-refractivity contribution in [3.8, 4) is 0 Å². The van der Waals surface area contributed by atoms with Gasteiger partial charge in [-0.15, -0.1) is 0 Å². The Morgan fingerprint density at radius 3 is 2.95 bits per heavy atom. The van der Waals surface area contributed by atoms with E-state index in [0.717, 1.165) is 44.9 Å². The van der Waals surface area contributed by atoms with Crippen molar-refractivity contribution >= 4 is 11.7 Å². The summed E-state index contributed by atoms with van der Waals surface area (Å²) in [6, 6.07) is 6.44. The van der Waals surface area contributed by atoms with E-state index in [-0.39, 0.29) is 11.9 Å². The van der Waals surface area contributed by atoms with Gasteiger partial charge in [-0.2, -0.15) is 0 Å².